The van der Waals surface area contributed by atoms with Gasteiger partial charge in [-0.3, -0.25) is 9.78 Å². The minimum Gasteiger partial charge on any atom is -0.336 e. The predicted octanol–water partition coefficient (Wildman–Crippen LogP) is 4.65. The summed E-state index contributed by atoms with van der Waals surface area (Å²) in [6.45, 7) is 6.05. The number of benzene rings is 1. The highest BCUT2D eigenvalue weighted by atomic mass is 32.1. The van der Waals surface area contributed by atoms with Crippen molar-refractivity contribution >= 4 is 39.8 Å². The number of pyridine rings is 1. The van der Waals surface area contributed by atoms with Gasteiger partial charge in [-0.05, 0) is 48.6 Å². The van der Waals surface area contributed by atoms with Gasteiger partial charge in [0.1, 0.15) is 6.17 Å². The largest absolute Gasteiger partial charge is 0.336 e. The predicted molar refractivity (Wildman–Crippen MR) is 130 cm³/mol. The topological polar surface area (TPSA) is 102 Å². The summed E-state index contributed by atoms with van der Waals surface area (Å²) in [5, 5.41) is 21.6. The average molecular weight is 449 g/mol. The van der Waals surface area contributed by atoms with E-state index in [2.05, 4.69) is 32.0 Å². The van der Waals surface area contributed by atoms with Gasteiger partial charge in [-0.2, -0.15) is 5.26 Å². The van der Waals surface area contributed by atoms with E-state index in [4.69, 9.17) is 0 Å². The fourth-order valence-electron chi connectivity index (χ4n) is 3.20. The number of hydrogen-bond acceptors (Lipinski definition) is 5. The third-order valence-corrected chi connectivity index (χ3v) is 5.86. The van der Waals surface area contributed by atoms with Crippen LogP contribution in [0, 0.1) is 16.9 Å². The molecule has 7 nitrogen and oxygen atoms in total. The molecule has 1 amide bonds. The van der Waals surface area contributed by atoms with Crippen molar-refractivity contribution < 1.29 is 4.79 Å². The van der Waals surface area contributed by atoms with Crippen LogP contribution in [0.1, 0.15) is 38.5 Å². The highest BCUT2D eigenvalue weighted by Crippen LogP contribution is 2.22. The second-order valence-corrected chi connectivity index (χ2v) is 9.54. The molecule has 8 heteroatoms. The first kappa shape index (κ1) is 23.2. The Kier molecular flexibility index (Phi) is 7.79. The van der Waals surface area contributed by atoms with Crippen LogP contribution in [0.5, 0.6) is 0 Å². The first-order valence-corrected chi connectivity index (χ1v) is 11.4. The Labute approximate surface area is 192 Å². The first-order chi connectivity index (χ1) is 15.4. The maximum atomic E-state index is 12.6. The number of carbonyl (C=O) groups excluding carboxylic acids is 1. The van der Waals surface area contributed by atoms with E-state index in [-0.39, 0.29) is 17.3 Å². The van der Waals surface area contributed by atoms with Crippen molar-refractivity contribution in [1.82, 2.24) is 15.6 Å². The summed E-state index contributed by atoms with van der Waals surface area (Å²) in [5.41, 5.74) is 1.29. The number of nitrogens with zero attached hydrogens (tertiary/aromatic N) is 3. The summed E-state index contributed by atoms with van der Waals surface area (Å²) < 4.78 is 0. The number of hydrogen-bond donors (Lipinski definition) is 3. The molecular formula is C24H28N6OS. The number of aryl methyl sites for hydroxylation is 1. The average Bonchev–Trinajstić information content (AvgIpc) is 3.26. The molecule has 0 saturated heterocycles. The zero-order valence-corrected chi connectivity index (χ0v) is 19.4. The highest BCUT2D eigenvalue weighted by molar-refractivity contribution is 7.09. The number of carbonyl (C=O) groups is 1. The molecule has 1 aromatic carbocycles. The van der Waals surface area contributed by atoms with Crippen molar-refractivity contribution in [2.75, 3.05) is 5.32 Å². The molecule has 3 rings (SSSR count). The molecular weight excluding hydrogens is 420 g/mol. The van der Waals surface area contributed by atoms with E-state index in [0.29, 0.717) is 6.42 Å². The van der Waals surface area contributed by atoms with Gasteiger partial charge in [0.25, 0.3) is 0 Å². The summed E-state index contributed by atoms with van der Waals surface area (Å²) in [7, 11) is 0. The van der Waals surface area contributed by atoms with Gasteiger partial charge in [-0.15, -0.1) is 16.3 Å². The van der Waals surface area contributed by atoms with E-state index >= 15 is 0 Å². The lowest BCUT2D eigenvalue weighted by atomic mass is 9.92. The number of nitrogens with one attached hydrogen (secondary N) is 3. The number of rotatable bonds is 7. The Balaban J connectivity index is 1.68. The second-order valence-electron chi connectivity index (χ2n) is 8.50. The first-order valence-electron chi connectivity index (χ1n) is 10.5. The number of fused-ring (bicyclic) bond motifs is 1. The molecule has 32 heavy (non-hydrogen) atoms. The molecule has 0 spiro atoms. The van der Waals surface area contributed by atoms with Crippen LogP contribution in [0.15, 0.2) is 59.0 Å². The summed E-state index contributed by atoms with van der Waals surface area (Å²) in [5.74, 6) is 0.224. The molecule has 0 radical (unpaired) electrons. The summed E-state index contributed by atoms with van der Waals surface area (Å²) in [6.07, 6.45) is 5.24. The van der Waals surface area contributed by atoms with Gasteiger partial charge in [0.2, 0.25) is 18.1 Å². The number of guanidine groups is 1. The lowest BCUT2D eigenvalue weighted by molar-refractivity contribution is -0.122. The molecule has 2 aromatic heterocycles. The SMILES string of the molecule is CC(C)(C)C(NC(=O)CCCc1cccs1)N/C(=N/C#N)Nc1cccc2ncccc12. The minimum absolute atomic E-state index is 0.0420. The van der Waals surface area contributed by atoms with Crippen LogP contribution in [0.4, 0.5) is 5.69 Å². The number of thiophene rings is 1. The summed E-state index contributed by atoms with van der Waals surface area (Å²) in [4.78, 5) is 22.2. The third-order valence-electron chi connectivity index (χ3n) is 4.92. The van der Waals surface area contributed by atoms with Crippen LogP contribution in [0.3, 0.4) is 0 Å². The molecule has 3 aromatic rings. The lowest BCUT2D eigenvalue weighted by Crippen LogP contribution is -2.56. The number of aromatic nitrogens is 1. The Bertz CT molecular complexity index is 1110. The Morgan fingerprint density at radius 3 is 2.75 bits per heavy atom. The van der Waals surface area contributed by atoms with Gasteiger partial charge >= 0.3 is 0 Å². The minimum atomic E-state index is -0.426. The van der Waals surface area contributed by atoms with Crippen LogP contribution in [-0.2, 0) is 11.2 Å². The normalized spacial score (nSPS) is 12.8. The van der Waals surface area contributed by atoms with Gasteiger partial charge in [-0.1, -0.05) is 32.9 Å². The van der Waals surface area contributed by atoms with Gasteiger partial charge < -0.3 is 16.0 Å². The Morgan fingerprint density at radius 2 is 2.03 bits per heavy atom. The van der Waals surface area contributed by atoms with Crippen molar-refractivity contribution in [1.29, 1.82) is 5.26 Å². The fourth-order valence-corrected chi connectivity index (χ4v) is 3.95. The lowest BCUT2D eigenvalue weighted by Gasteiger charge is -2.33. The van der Waals surface area contributed by atoms with Gasteiger partial charge in [-0.25, -0.2) is 0 Å². The van der Waals surface area contributed by atoms with Crippen molar-refractivity contribution in [2.24, 2.45) is 10.4 Å². The molecule has 2 heterocycles. The van der Waals surface area contributed by atoms with Gasteiger partial charge in [0, 0.05) is 28.3 Å². The molecule has 0 saturated carbocycles. The highest BCUT2D eigenvalue weighted by Gasteiger charge is 2.27. The molecule has 0 bridgehead atoms. The monoisotopic (exact) mass is 448 g/mol. The zero-order chi connectivity index (χ0) is 23.0. The summed E-state index contributed by atoms with van der Waals surface area (Å²) >= 11 is 1.71. The number of amides is 1. The van der Waals surface area contributed by atoms with E-state index in [9.17, 15) is 10.1 Å². The number of nitriles is 1. The van der Waals surface area contributed by atoms with Crippen LogP contribution in [0.25, 0.3) is 10.9 Å². The summed E-state index contributed by atoms with van der Waals surface area (Å²) in [6, 6.07) is 13.6. The third kappa shape index (κ3) is 6.53. The van der Waals surface area contributed by atoms with Crippen LogP contribution >= 0.6 is 11.3 Å². The molecule has 0 aliphatic carbocycles. The molecule has 0 aliphatic rings. The number of aliphatic imine (C=N–C) groups is 1. The zero-order valence-electron chi connectivity index (χ0n) is 18.6. The maximum absolute atomic E-state index is 12.6. The molecule has 0 fully saturated rings. The van der Waals surface area contributed by atoms with Crippen molar-refractivity contribution in [3.05, 3.63) is 58.9 Å². The van der Waals surface area contributed by atoms with Crippen LogP contribution in [0.2, 0.25) is 0 Å². The molecule has 0 aliphatic heterocycles. The van der Waals surface area contributed by atoms with E-state index < -0.39 is 6.17 Å². The quantitative estimate of drug-likeness (QED) is 0.211. The fraction of sp³-hybridized carbons (Fsp3) is 0.333. The smallest absolute Gasteiger partial charge is 0.221 e. The van der Waals surface area contributed by atoms with Crippen molar-refractivity contribution in [2.45, 2.75) is 46.2 Å². The number of anilines is 1. The van der Waals surface area contributed by atoms with Gasteiger partial charge in [0.05, 0.1) is 11.2 Å². The van der Waals surface area contributed by atoms with Crippen molar-refractivity contribution in [3.63, 3.8) is 0 Å². The molecule has 1 atom stereocenters. The molecule has 1 unspecified atom stereocenters. The van der Waals surface area contributed by atoms with E-state index in [1.54, 1.807) is 17.5 Å². The van der Waals surface area contributed by atoms with E-state index in [1.807, 2.05) is 68.7 Å². The molecule has 166 valence electrons. The van der Waals surface area contributed by atoms with E-state index in [1.165, 1.54) is 4.88 Å². The Hall–Kier alpha value is -3.44. The van der Waals surface area contributed by atoms with Crippen LogP contribution < -0.4 is 16.0 Å². The standard InChI is InChI=1S/C24H28N6OS/c1-24(2,3)22(29-21(31)13-4-8-17-9-7-15-32-17)30-23(27-16-25)28-20-12-5-11-19-18(20)10-6-14-26-19/h5-7,9-12,14-15,22H,4,8,13H2,1-3H3,(H,29,31)(H2,27,28,30). The van der Waals surface area contributed by atoms with Gasteiger partial charge in [0.15, 0.2) is 0 Å². The second kappa shape index (κ2) is 10.7. The Morgan fingerprint density at radius 1 is 1.19 bits per heavy atom. The van der Waals surface area contributed by atoms with E-state index in [0.717, 1.165) is 29.4 Å². The molecule has 3 N–H and O–H groups in total. The van der Waals surface area contributed by atoms with Crippen molar-refractivity contribution in [3.8, 4) is 6.19 Å². The maximum Gasteiger partial charge on any atom is 0.221 e. The van der Waals surface area contributed by atoms with Crippen LogP contribution in [-0.4, -0.2) is 23.0 Å².